The van der Waals surface area contributed by atoms with Crippen molar-refractivity contribution >= 4 is 23.6 Å². The Morgan fingerprint density at radius 3 is 2.24 bits per heavy atom. The molecule has 3 amide bonds. The largest absolute Gasteiger partial charge is 0.480 e. The maximum absolute atomic E-state index is 12.0. The smallest absolute Gasteiger partial charge is 0.325 e. The fourth-order valence-corrected chi connectivity index (χ4v) is 1.55. The quantitative estimate of drug-likeness (QED) is 0.658. The Bertz CT molecular complexity index is 543. The maximum atomic E-state index is 12.0. The van der Waals surface area contributed by atoms with Gasteiger partial charge in [0, 0.05) is 6.04 Å². The van der Waals surface area contributed by atoms with E-state index in [0.29, 0.717) is 5.69 Å². The van der Waals surface area contributed by atoms with Crippen molar-refractivity contribution in [3.8, 4) is 0 Å². The van der Waals surface area contributed by atoms with Crippen LogP contribution in [0.1, 0.15) is 31.1 Å². The first-order valence-electron chi connectivity index (χ1n) is 6.51. The Hall–Kier alpha value is -2.57. The van der Waals surface area contributed by atoms with E-state index in [1.165, 1.54) is 13.0 Å². The standard InChI is InChI=1S/C14H19N3O4/c1-8(2)15-14(21)17-11-7-5-4-6-10(11)12(18)16-9(3)13(19)20/h4-9H,1-3H3,(H,16,18)(H,19,20)(H2,15,17,21)/t9-/m0/s1. The van der Waals surface area contributed by atoms with Crippen LogP contribution in [-0.2, 0) is 4.79 Å². The highest BCUT2D eigenvalue weighted by Gasteiger charge is 2.18. The number of rotatable bonds is 5. The minimum Gasteiger partial charge on any atom is -0.480 e. The maximum Gasteiger partial charge on any atom is 0.325 e. The van der Waals surface area contributed by atoms with Gasteiger partial charge in [0.25, 0.3) is 5.91 Å². The number of nitrogens with one attached hydrogen (secondary N) is 3. The summed E-state index contributed by atoms with van der Waals surface area (Å²) in [5.74, 6) is -1.70. The molecule has 0 aliphatic heterocycles. The number of amides is 3. The molecular weight excluding hydrogens is 274 g/mol. The summed E-state index contributed by atoms with van der Waals surface area (Å²) in [5, 5.41) is 16.3. The molecule has 1 aromatic rings. The van der Waals surface area contributed by atoms with Crippen LogP contribution in [0.25, 0.3) is 0 Å². The van der Waals surface area contributed by atoms with Crippen molar-refractivity contribution in [3.05, 3.63) is 29.8 Å². The van der Waals surface area contributed by atoms with Gasteiger partial charge >= 0.3 is 12.0 Å². The Labute approximate surface area is 122 Å². The van der Waals surface area contributed by atoms with E-state index < -0.39 is 23.9 Å². The number of carbonyl (C=O) groups is 3. The number of urea groups is 1. The van der Waals surface area contributed by atoms with Crippen molar-refractivity contribution < 1.29 is 19.5 Å². The molecule has 0 aliphatic rings. The topological polar surface area (TPSA) is 108 Å². The molecule has 4 N–H and O–H groups in total. The minimum atomic E-state index is -1.13. The summed E-state index contributed by atoms with van der Waals surface area (Å²) in [6, 6.07) is 4.88. The fourth-order valence-electron chi connectivity index (χ4n) is 1.55. The zero-order valence-electron chi connectivity index (χ0n) is 12.1. The van der Waals surface area contributed by atoms with E-state index >= 15 is 0 Å². The number of hydrogen-bond acceptors (Lipinski definition) is 3. The summed E-state index contributed by atoms with van der Waals surface area (Å²) in [6.45, 7) is 4.99. The third-order valence-corrected chi connectivity index (χ3v) is 2.56. The second-order valence-electron chi connectivity index (χ2n) is 4.83. The molecule has 1 rings (SSSR count). The van der Waals surface area contributed by atoms with Gasteiger partial charge in [-0.05, 0) is 32.9 Å². The number of carboxylic acids is 1. The van der Waals surface area contributed by atoms with Crippen LogP contribution in [0.15, 0.2) is 24.3 Å². The number of aliphatic carboxylic acids is 1. The number of para-hydroxylation sites is 1. The van der Waals surface area contributed by atoms with E-state index in [-0.39, 0.29) is 11.6 Å². The first-order chi connectivity index (χ1) is 9.81. The lowest BCUT2D eigenvalue weighted by Crippen LogP contribution is -2.39. The highest BCUT2D eigenvalue weighted by atomic mass is 16.4. The van der Waals surface area contributed by atoms with Crippen LogP contribution >= 0.6 is 0 Å². The van der Waals surface area contributed by atoms with Crippen molar-refractivity contribution in [2.24, 2.45) is 0 Å². The molecule has 0 unspecified atom stereocenters. The second-order valence-corrected chi connectivity index (χ2v) is 4.83. The fraction of sp³-hybridized carbons (Fsp3) is 0.357. The van der Waals surface area contributed by atoms with Gasteiger partial charge in [0.2, 0.25) is 0 Å². The average molecular weight is 293 g/mol. The molecule has 0 saturated carbocycles. The lowest BCUT2D eigenvalue weighted by atomic mass is 10.1. The summed E-state index contributed by atoms with van der Waals surface area (Å²) in [4.78, 5) is 34.5. The van der Waals surface area contributed by atoms with Crippen LogP contribution in [0.2, 0.25) is 0 Å². The van der Waals surface area contributed by atoms with E-state index in [2.05, 4.69) is 16.0 Å². The van der Waals surface area contributed by atoms with Gasteiger partial charge in [0.05, 0.1) is 11.3 Å². The Kier molecular flexibility index (Phi) is 5.71. The summed E-state index contributed by atoms with van der Waals surface area (Å²) in [7, 11) is 0. The molecule has 1 atom stereocenters. The van der Waals surface area contributed by atoms with Gasteiger partial charge in [-0.1, -0.05) is 12.1 Å². The molecule has 0 aliphatic carbocycles. The van der Waals surface area contributed by atoms with Crippen LogP contribution in [0, 0.1) is 0 Å². The highest BCUT2D eigenvalue weighted by Crippen LogP contribution is 2.15. The number of carbonyl (C=O) groups excluding carboxylic acids is 2. The molecule has 7 heteroatoms. The van der Waals surface area contributed by atoms with Gasteiger partial charge in [0.1, 0.15) is 6.04 Å². The molecule has 21 heavy (non-hydrogen) atoms. The molecule has 0 saturated heterocycles. The van der Waals surface area contributed by atoms with E-state index in [4.69, 9.17) is 5.11 Å². The molecule has 0 bridgehead atoms. The Balaban J connectivity index is 2.86. The number of benzene rings is 1. The first-order valence-corrected chi connectivity index (χ1v) is 6.51. The zero-order chi connectivity index (χ0) is 16.0. The van der Waals surface area contributed by atoms with Crippen LogP contribution < -0.4 is 16.0 Å². The van der Waals surface area contributed by atoms with Crippen molar-refractivity contribution in [1.82, 2.24) is 10.6 Å². The number of anilines is 1. The second kappa shape index (κ2) is 7.28. The van der Waals surface area contributed by atoms with E-state index in [9.17, 15) is 14.4 Å². The molecule has 0 fully saturated rings. The van der Waals surface area contributed by atoms with Gasteiger partial charge in [-0.2, -0.15) is 0 Å². The van der Waals surface area contributed by atoms with Gasteiger partial charge < -0.3 is 21.1 Å². The van der Waals surface area contributed by atoms with Crippen LogP contribution in [0.3, 0.4) is 0 Å². The van der Waals surface area contributed by atoms with Crippen molar-refractivity contribution in [1.29, 1.82) is 0 Å². The number of carboxylic acid groups (broad SMARTS) is 1. The molecule has 0 spiro atoms. The highest BCUT2D eigenvalue weighted by molar-refractivity contribution is 6.04. The van der Waals surface area contributed by atoms with E-state index in [1.54, 1.807) is 18.2 Å². The molecule has 1 aromatic carbocycles. The van der Waals surface area contributed by atoms with E-state index in [1.807, 2.05) is 13.8 Å². The summed E-state index contributed by atoms with van der Waals surface area (Å²) >= 11 is 0. The zero-order valence-corrected chi connectivity index (χ0v) is 12.1. The molecule has 7 nitrogen and oxygen atoms in total. The normalized spacial score (nSPS) is 11.6. The first kappa shape index (κ1) is 16.5. The predicted molar refractivity (Wildman–Crippen MR) is 78.3 cm³/mol. The molecular formula is C14H19N3O4. The van der Waals surface area contributed by atoms with Crippen molar-refractivity contribution in [2.45, 2.75) is 32.9 Å². The lowest BCUT2D eigenvalue weighted by Gasteiger charge is -2.14. The Morgan fingerprint density at radius 2 is 1.67 bits per heavy atom. The minimum absolute atomic E-state index is 0.0435. The van der Waals surface area contributed by atoms with Gasteiger partial charge in [-0.15, -0.1) is 0 Å². The van der Waals surface area contributed by atoms with Crippen LogP contribution in [-0.4, -0.2) is 35.1 Å². The van der Waals surface area contributed by atoms with Gasteiger partial charge in [0.15, 0.2) is 0 Å². The van der Waals surface area contributed by atoms with Crippen molar-refractivity contribution in [3.63, 3.8) is 0 Å². The monoisotopic (exact) mass is 293 g/mol. The summed E-state index contributed by atoms with van der Waals surface area (Å²) < 4.78 is 0. The molecule has 0 heterocycles. The lowest BCUT2D eigenvalue weighted by molar-refractivity contribution is -0.138. The van der Waals surface area contributed by atoms with Crippen molar-refractivity contribution in [2.75, 3.05) is 5.32 Å². The number of hydrogen-bond donors (Lipinski definition) is 4. The van der Waals surface area contributed by atoms with Crippen LogP contribution in [0.4, 0.5) is 10.5 Å². The molecule has 114 valence electrons. The molecule has 0 radical (unpaired) electrons. The third-order valence-electron chi connectivity index (χ3n) is 2.56. The predicted octanol–water partition coefficient (Wildman–Crippen LogP) is 1.42. The van der Waals surface area contributed by atoms with Crippen LogP contribution in [0.5, 0.6) is 0 Å². The molecule has 0 aromatic heterocycles. The third kappa shape index (κ3) is 5.13. The average Bonchev–Trinajstić information content (AvgIpc) is 2.37. The van der Waals surface area contributed by atoms with E-state index in [0.717, 1.165) is 0 Å². The van der Waals surface area contributed by atoms with Gasteiger partial charge in [-0.3, -0.25) is 9.59 Å². The summed E-state index contributed by atoms with van der Waals surface area (Å²) in [6.07, 6.45) is 0. The van der Waals surface area contributed by atoms with Gasteiger partial charge in [-0.25, -0.2) is 4.79 Å². The SMILES string of the molecule is CC(C)NC(=O)Nc1ccccc1C(=O)N[C@@H](C)C(=O)O. The Morgan fingerprint density at radius 1 is 1.05 bits per heavy atom. The summed E-state index contributed by atoms with van der Waals surface area (Å²) in [5.41, 5.74) is 0.509.